The minimum atomic E-state index is -2.76. The quantitative estimate of drug-likeness (QED) is 0.773. The van der Waals surface area contributed by atoms with Crippen molar-refractivity contribution in [1.82, 2.24) is 5.32 Å². The van der Waals surface area contributed by atoms with E-state index in [0.29, 0.717) is 17.7 Å². The Balaban J connectivity index is 2.14. The highest BCUT2D eigenvalue weighted by molar-refractivity contribution is 7.90. The summed E-state index contributed by atoms with van der Waals surface area (Å²) < 4.78 is 21.8. The Morgan fingerprint density at radius 2 is 2.07 bits per heavy atom. The number of nitrogens with one attached hydrogen (secondary N) is 1. The molecule has 0 aromatic heterocycles. The number of sulfone groups is 1. The van der Waals surface area contributed by atoms with Crippen molar-refractivity contribution in [2.45, 2.75) is 38.6 Å². The summed E-state index contributed by atoms with van der Waals surface area (Å²) in [7, 11) is -2.76. The van der Waals surface area contributed by atoms with Crippen LogP contribution in [0.3, 0.4) is 0 Å². The summed E-state index contributed by atoms with van der Waals surface area (Å²) in [6.07, 6.45) is 5.65. The zero-order valence-corrected chi connectivity index (χ0v) is 9.94. The molecule has 1 rings (SSSR count). The predicted molar refractivity (Wildman–Crippen MR) is 59.1 cm³/mol. The van der Waals surface area contributed by atoms with Crippen molar-refractivity contribution in [1.29, 1.82) is 0 Å². The van der Waals surface area contributed by atoms with Crippen molar-refractivity contribution < 1.29 is 8.42 Å². The SMILES string of the molecule is CC1CCC(CCCS(C)(=O)=O)CN1. The van der Waals surface area contributed by atoms with Gasteiger partial charge < -0.3 is 5.32 Å². The van der Waals surface area contributed by atoms with Gasteiger partial charge in [-0.2, -0.15) is 0 Å². The van der Waals surface area contributed by atoms with Crippen molar-refractivity contribution in [2.75, 3.05) is 18.6 Å². The fourth-order valence-electron chi connectivity index (χ4n) is 1.94. The molecule has 1 fully saturated rings. The third kappa shape index (κ3) is 4.96. The van der Waals surface area contributed by atoms with E-state index in [9.17, 15) is 8.42 Å². The topological polar surface area (TPSA) is 46.2 Å². The average Bonchev–Trinajstić information content (AvgIpc) is 2.06. The fourth-order valence-corrected chi connectivity index (χ4v) is 2.63. The van der Waals surface area contributed by atoms with E-state index in [0.717, 1.165) is 19.4 Å². The van der Waals surface area contributed by atoms with E-state index >= 15 is 0 Å². The number of hydrogen-bond donors (Lipinski definition) is 1. The van der Waals surface area contributed by atoms with Crippen molar-refractivity contribution in [3.8, 4) is 0 Å². The normalized spacial score (nSPS) is 29.0. The molecular weight excluding hydrogens is 198 g/mol. The Kier molecular flexibility index (Phi) is 4.38. The van der Waals surface area contributed by atoms with Crippen LogP contribution in [0.1, 0.15) is 32.6 Å². The lowest BCUT2D eigenvalue weighted by molar-refractivity contribution is 0.307. The van der Waals surface area contributed by atoms with Gasteiger partial charge in [-0.1, -0.05) is 0 Å². The second-order valence-corrected chi connectivity index (χ2v) is 6.78. The van der Waals surface area contributed by atoms with Gasteiger partial charge in [0.05, 0.1) is 0 Å². The first-order valence-electron chi connectivity index (χ1n) is 5.38. The lowest BCUT2D eigenvalue weighted by Gasteiger charge is -2.27. The van der Waals surface area contributed by atoms with Crippen molar-refractivity contribution in [3.05, 3.63) is 0 Å². The number of rotatable bonds is 4. The Bertz CT molecular complexity index is 253. The molecule has 1 aliphatic heterocycles. The van der Waals surface area contributed by atoms with E-state index < -0.39 is 9.84 Å². The molecule has 0 spiro atoms. The van der Waals surface area contributed by atoms with Gasteiger partial charge in [0.15, 0.2) is 0 Å². The first-order chi connectivity index (χ1) is 6.47. The summed E-state index contributed by atoms with van der Waals surface area (Å²) in [5.41, 5.74) is 0. The van der Waals surface area contributed by atoms with Gasteiger partial charge in [-0.05, 0) is 45.1 Å². The molecule has 1 N–H and O–H groups in total. The van der Waals surface area contributed by atoms with Crippen molar-refractivity contribution >= 4 is 9.84 Å². The maximum Gasteiger partial charge on any atom is 0.147 e. The molecular formula is C10H21NO2S. The first kappa shape index (κ1) is 12.0. The van der Waals surface area contributed by atoms with E-state index in [-0.39, 0.29) is 0 Å². The smallest absolute Gasteiger partial charge is 0.147 e. The summed E-state index contributed by atoms with van der Waals surface area (Å²) in [6.45, 7) is 3.26. The minimum Gasteiger partial charge on any atom is -0.314 e. The van der Waals surface area contributed by atoms with E-state index in [4.69, 9.17) is 0 Å². The largest absolute Gasteiger partial charge is 0.314 e. The molecule has 1 saturated heterocycles. The summed E-state index contributed by atoms with van der Waals surface area (Å²) in [5.74, 6) is 1.03. The van der Waals surface area contributed by atoms with Crippen LogP contribution in [-0.2, 0) is 9.84 Å². The molecule has 3 nitrogen and oxygen atoms in total. The Morgan fingerprint density at radius 3 is 2.57 bits per heavy atom. The van der Waals surface area contributed by atoms with Gasteiger partial charge in [0.25, 0.3) is 0 Å². The highest BCUT2D eigenvalue weighted by atomic mass is 32.2. The lowest BCUT2D eigenvalue weighted by Crippen LogP contribution is -2.36. The van der Waals surface area contributed by atoms with Crippen LogP contribution in [-0.4, -0.2) is 33.0 Å². The first-order valence-corrected chi connectivity index (χ1v) is 7.44. The van der Waals surface area contributed by atoms with Crippen molar-refractivity contribution in [2.24, 2.45) is 5.92 Å². The zero-order valence-electron chi connectivity index (χ0n) is 9.12. The van der Waals surface area contributed by atoms with Crippen LogP contribution >= 0.6 is 0 Å². The summed E-state index contributed by atoms with van der Waals surface area (Å²) in [5, 5.41) is 3.43. The van der Waals surface area contributed by atoms with Crippen LogP contribution in [0.5, 0.6) is 0 Å². The van der Waals surface area contributed by atoms with Gasteiger partial charge in [0, 0.05) is 18.1 Å². The third-order valence-electron chi connectivity index (χ3n) is 2.89. The maximum atomic E-state index is 10.9. The second-order valence-electron chi connectivity index (χ2n) is 4.52. The van der Waals surface area contributed by atoms with E-state index in [1.54, 1.807) is 0 Å². The molecule has 14 heavy (non-hydrogen) atoms. The summed E-state index contributed by atoms with van der Waals surface area (Å²) >= 11 is 0. The molecule has 0 bridgehead atoms. The maximum absolute atomic E-state index is 10.9. The van der Waals surface area contributed by atoms with Gasteiger partial charge in [-0.25, -0.2) is 8.42 Å². The van der Waals surface area contributed by atoms with Gasteiger partial charge >= 0.3 is 0 Å². The van der Waals surface area contributed by atoms with E-state index in [1.165, 1.54) is 19.1 Å². The van der Waals surface area contributed by atoms with Gasteiger partial charge in [0.2, 0.25) is 0 Å². The highest BCUT2D eigenvalue weighted by Crippen LogP contribution is 2.18. The summed E-state index contributed by atoms with van der Waals surface area (Å²) in [6, 6.07) is 0.640. The molecule has 2 unspecified atom stereocenters. The molecule has 84 valence electrons. The zero-order chi connectivity index (χ0) is 10.6. The Labute approximate surface area is 87.2 Å². The Morgan fingerprint density at radius 1 is 1.36 bits per heavy atom. The van der Waals surface area contributed by atoms with Gasteiger partial charge in [-0.15, -0.1) is 0 Å². The van der Waals surface area contributed by atoms with E-state index in [2.05, 4.69) is 12.2 Å². The van der Waals surface area contributed by atoms with E-state index in [1.807, 2.05) is 0 Å². The van der Waals surface area contributed by atoms with Gasteiger partial charge in [0.1, 0.15) is 9.84 Å². The van der Waals surface area contributed by atoms with Gasteiger partial charge in [-0.3, -0.25) is 0 Å². The molecule has 0 saturated carbocycles. The molecule has 2 atom stereocenters. The minimum absolute atomic E-state index is 0.346. The van der Waals surface area contributed by atoms with Crippen LogP contribution < -0.4 is 5.32 Å². The molecule has 0 aromatic carbocycles. The van der Waals surface area contributed by atoms with Crippen molar-refractivity contribution in [3.63, 3.8) is 0 Å². The van der Waals surface area contributed by atoms with Crippen LogP contribution in [0.15, 0.2) is 0 Å². The number of hydrogen-bond acceptors (Lipinski definition) is 3. The summed E-state index contributed by atoms with van der Waals surface area (Å²) in [4.78, 5) is 0. The monoisotopic (exact) mass is 219 g/mol. The highest BCUT2D eigenvalue weighted by Gasteiger charge is 2.17. The molecule has 1 aliphatic rings. The number of piperidine rings is 1. The lowest BCUT2D eigenvalue weighted by atomic mass is 9.92. The van der Waals surface area contributed by atoms with Crippen LogP contribution in [0.25, 0.3) is 0 Å². The molecule has 0 radical (unpaired) electrons. The molecule has 0 amide bonds. The van der Waals surface area contributed by atoms with Crippen LogP contribution in [0.2, 0.25) is 0 Å². The molecule has 4 heteroatoms. The van der Waals surface area contributed by atoms with Crippen LogP contribution in [0, 0.1) is 5.92 Å². The average molecular weight is 219 g/mol. The predicted octanol–water partition coefficient (Wildman–Crippen LogP) is 1.20. The van der Waals surface area contributed by atoms with Crippen LogP contribution in [0.4, 0.5) is 0 Å². The fraction of sp³-hybridized carbons (Fsp3) is 1.00. The molecule has 1 heterocycles. The molecule has 0 aromatic rings. The molecule has 0 aliphatic carbocycles. The standard InChI is InChI=1S/C10H21NO2S/c1-9-5-6-10(8-11-9)4-3-7-14(2,12)13/h9-11H,3-8H2,1-2H3. The third-order valence-corrected chi connectivity index (χ3v) is 3.92. The Hall–Kier alpha value is -0.0900. The second kappa shape index (κ2) is 5.12.